The molecular weight excluding hydrogens is 396 g/mol. The molecule has 2 amide bonds. The maximum absolute atomic E-state index is 13.1. The molecule has 6 nitrogen and oxygen atoms in total. The lowest BCUT2D eigenvalue weighted by atomic mass is 10.1. The molecule has 30 heavy (non-hydrogen) atoms. The lowest BCUT2D eigenvalue weighted by molar-refractivity contribution is 0.0782. The van der Waals surface area contributed by atoms with Gasteiger partial charge < -0.3 is 10.2 Å². The molecule has 2 aromatic carbocycles. The molecule has 0 aliphatic rings. The molecular formula is C23H20N4O2S. The number of amides is 2. The molecule has 150 valence electrons. The van der Waals surface area contributed by atoms with E-state index in [0.29, 0.717) is 22.6 Å². The number of para-hydroxylation sites is 2. The molecule has 4 aromatic rings. The van der Waals surface area contributed by atoms with Crippen LogP contribution in [0.5, 0.6) is 0 Å². The van der Waals surface area contributed by atoms with Crippen molar-refractivity contribution in [2.24, 2.45) is 0 Å². The molecule has 0 radical (unpaired) electrons. The molecule has 7 heteroatoms. The predicted octanol–water partition coefficient (Wildman–Crippen LogP) is 4.52. The average molecular weight is 417 g/mol. The Morgan fingerprint density at radius 3 is 2.60 bits per heavy atom. The molecule has 0 aliphatic carbocycles. The molecule has 0 atom stereocenters. The number of carbonyl (C=O) groups is 2. The van der Waals surface area contributed by atoms with E-state index in [9.17, 15) is 9.59 Å². The summed E-state index contributed by atoms with van der Waals surface area (Å²) in [4.78, 5) is 36.2. The van der Waals surface area contributed by atoms with Crippen LogP contribution < -0.4 is 5.32 Å². The van der Waals surface area contributed by atoms with E-state index in [0.717, 1.165) is 16.6 Å². The maximum Gasteiger partial charge on any atom is 0.256 e. The quantitative estimate of drug-likeness (QED) is 0.519. The summed E-state index contributed by atoms with van der Waals surface area (Å²) >= 11 is 1.45. The SMILES string of the molecule is Cc1nc(CN(C)C(=O)c2ccccc2NC(=O)c2ccsc2)nc2ccccc12. The van der Waals surface area contributed by atoms with E-state index in [4.69, 9.17) is 0 Å². The van der Waals surface area contributed by atoms with Crippen LogP contribution in [0.1, 0.15) is 32.2 Å². The van der Waals surface area contributed by atoms with E-state index in [1.165, 1.54) is 11.3 Å². The van der Waals surface area contributed by atoms with Gasteiger partial charge in [0, 0.05) is 23.5 Å². The summed E-state index contributed by atoms with van der Waals surface area (Å²) in [7, 11) is 1.70. The number of fused-ring (bicyclic) bond motifs is 1. The molecule has 0 spiro atoms. The van der Waals surface area contributed by atoms with Crippen LogP contribution in [0.3, 0.4) is 0 Å². The van der Waals surface area contributed by atoms with Gasteiger partial charge in [-0.05, 0) is 36.6 Å². The van der Waals surface area contributed by atoms with Gasteiger partial charge in [-0.15, -0.1) is 0 Å². The second-order valence-corrected chi connectivity index (χ2v) is 7.70. The van der Waals surface area contributed by atoms with Gasteiger partial charge in [0.05, 0.1) is 28.9 Å². The molecule has 0 saturated heterocycles. The second kappa shape index (κ2) is 8.42. The first-order chi connectivity index (χ1) is 14.5. The van der Waals surface area contributed by atoms with E-state index in [2.05, 4.69) is 15.3 Å². The highest BCUT2D eigenvalue weighted by Crippen LogP contribution is 2.20. The van der Waals surface area contributed by atoms with Gasteiger partial charge in [-0.25, -0.2) is 9.97 Å². The highest BCUT2D eigenvalue weighted by atomic mass is 32.1. The van der Waals surface area contributed by atoms with Gasteiger partial charge in [0.15, 0.2) is 0 Å². The van der Waals surface area contributed by atoms with Crippen molar-refractivity contribution in [1.82, 2.24) is 14.9 Å². The number of aromatic nitrogens is 2. The van der Waals surface area contributed by atoms with Crippen molar-refractivity contribution in [2.75, 3.05) is 12.4 Å². The smallest absolute Gasteiger partial charge is 0.256 e. The van der Waals surface area contributed by atoms with Crippen LogP contribution in [0.4, 0.5) is 5.69 Å². The van der Waals surface area contributed by atoms with Crippen molar-refractivity contribution in [1.29, 1.82) is 0 Å². The van der Waals surface area contributed by atoms with Crippen LogP contribution in [0.15, 0.2) is 65.4 Å². The molecule has 0 aliphatic heterocycles. The number of rotatable bonds is 5. The minimum Gasteiger partial charge on any atom is -0.334 e. The Morgan fingerprint density at radius 2 is 1.80 bits per heavy atom. The lowest BCUT2D eigenvalue weighted by Crippen LogP contribution is -2.28. The fourth-order valence-corrected chi connectivity index (χ4v) is 3.86. The number of hydrogen-bond donors (Lipinski definition) is 1. The third kappa shape index (κ3) is 4.06. The standard InChI is InChI=1S/C23H20N4O2S/c1-15-17-7-3-5-9-19(17)25-21(24-15)13-27(2)23(29)18-8-4-6-10-20(18)26-22(28)16-11-12-30-14-16/h3-12,14H,13H2,1-2H3,(H,26,28). The van der Waals surface area contributed by atoms with Gasteiger partial charge >= 0.3 is 0 Å². The van der Waals surface area contributed by atoms with Crippen LogP contribution in [-0.4, -0.2) is 33.7 Å². The number of nitrogens with zero attached hydrogens (tertiary/aromatic N) is 3. The molecule has 4 rings (SSSR count). The third-order valence-corrected chi connectivity index (χ3v) is 5.44. The predicted molar refractivity (Wildman–Crippen MR) is 119 cm³/mol. The number of aryl methyl sites for hydroxylation is 1. The van der Waals surface area contributed by atoms with Crippen LogP contribution in [0.2, 0.25) is 0 Å². The molecule has 0 bridgehead atoms. The Morgan fingerprint density at radius 1 is 1.03 bits per heavy atom. The summed E-state index contributed by atoms with van der Waals surface area (Å²) in [5.74, 6) is 0.111. The largest absolute Gasteiger partial charge is 0.334 e. The molecule has 0 fully saturated rings. The molecule has 2 aromatic heterocycles. The first-order valence-electron chi connectivity index (χ1n) is 9.43. The number of carbonyl (C=O) groups excluding carboxylic acids is 2. The van der Waals surface area contributed by atoms with Gasteiger partial charge in [0.2, 0.25) is 0 Å². The zero-order chi connectivity index (χ0) is 21.1. The summed E-state index contributed by atoms with van der Waals surface area (Å²) < 4.78 is 0. The Bertz CT molecular complexity index is 1220. The zero-order valence-corrected chi connectivity index (χ0v) is 17.4. The van der Waals surface area contributed by atoms with E-state index in [1.807, 2.05) is 36.6 Å². The average Bonchev–Trinajstić information content (AvgIpc) is 3.29. The highest BCUT2D eigenvalue weighted by Gasteiger charge is 2.19. The summed E-state index contributed by atoms with van der Waals surface area (Å²) in [5, 5.41) is 7.44. The van der Waals surface area contributed by atoms with Crippen LogP contribution in [0, 0.1) is 6.92 Å². The van der Waals surface area contributed by atoms with E-state index in [-0.39, 0.29) is 18.4 Å². The van der Waals surface area contributed by atoms with Crippen LogP contribution >= 0.6 is 11.3 Å². The summed E-state index contributed by atoms with van der Waals surface area (Å²) in [5.41, 5.74) is 3.18. The fraction of sp³-hybridized carbons (Fsp3) is 0.130. The molecule has 0 saturated carbocycles. The highest BCUT2D eigenvalue weighted by molar-refractivity contribution is 7.08. The molecule has 0 unspecified atom stereocenters. The zero-order valence-electron chi connectivity index (χ0n) is 16.6. The maximum atomic E-state index is 13.1. The monoisotopic (exact) mass is 416 g/mol. The van der Waals surface area contributed by atoms with Gasteiger partial charge in [-0.1, -0.05) is 30.3 Å². The fourth-order valence-electron chi connectivity index (χ4n) is 3.22. The number of nitrogens with one attached hydrogen (secondary N) is 1. The van der Waals surface area contributed by atoms with Crippen molar-refractivity contribution in [3.05, 3.63) is 88.0 Å². The third-order valence-electron chi connectivity index (χ3n) is 4.75. The summed E-state index contributed by atoms with van der Waals surface area (Å²) in [6.07, 6.45) is 0. The Labute approximate surface area is 178 Å². The van der Waals surface area contributed by atoms with Gasteiger partial charge in [-0.3, -0.25) is 9.59 Å². The summed E-state index contributed by atoms with van der Waals surface area (Å²) in [6, 6.07) is 16.5. The first kappa shape index (κ1) is 19.7. The normalized spacial score (nSPS) is 10.7. The van der Waals surface area contributed by atoms with Crippen molar-refractivity contribution in [2.45, 2.75) is 13.5 Å². The van der Waals surface area contributed by atoms with Gasteiger partial charge in [0.25, 0.3) is 11.8 Å². The van der Waals surface area contributed by atoms with Crippen molar-refractivity contribution in [3.63, 3.8) is 0 Å². The number of thiophene rings is 1. The van der Waals surface area contributed by atoms with Gasteiger partial charge in [-0.2, -0.15) is 11.3 Å². The Balaban J connectivity index is 1.55. The Hall–Kier alpha value is -3.58. The van der Waals surface area contributed by atoms with Crippen LogP contribution in [0.25, 0.3) is 10.9 Å². The second-order valence-electron chi connectivity index (χ2n) is 6.92. The van der Waals surface area contributed by atoms with E-state index in [1.54, 1.807) is 47.7 Å². The minimum absolute atomic E-state index is 0.217. The topological polar surface area (TPSA) is 75.2 Å². The first-order valence-corrected chi connectivity index (χ1v) is 10.4. The van der Waals surface area contributed by atoms with Crippen molar-refractivity contribution in [3.8, 4) is 0 Å². The molecule has 1 N–H and O–H groups in total. The minimum atomic E-state index is -0.243. The van der Waals surface area contributed by atoms with E-state index < -0.39 is 0 Å². The lowest BCUT2D eigenvalue weighted by Gasteiger charge is -2.19. The van der Waals surface area contributed by atoms with Crippen molar-refractivity contribution < 1.29 is 9.59 Å². The Kier molecular flexibility index (Phi) is 5.54. The van der Waals surface area contributed by atoms with E-state index >= 15 is 0 Å². The number of anilines is 1. The van der Waals surface area contributed by atoms with Crippen molar-refractivity contribution >= 4 is 39.7 Å². The number of hydrogen-bond acceptors (Lipinski definition) is 5. The molecule has 2 heterocycles. The van der Waals surface area contributed by atoms with Crippen LogP contribution in [-0.2, 0) is 6.54 Å². The van der Waals surface area contributed by atoms with Gasteiger partial charge in [0.1, 0.15) is 5.82 Å². The number of benzene rings is 2. The summed E-state index contributed by atoms with van der Waals surface area (Å²) in [6.45, 7) is 2.20.